The van der Waals surface area contributed by atoms with Gasteiger partial charge in [0.1, 0.15) is 22.1 Å². The van der Waals surface area contributed by atoms with E-state index < -0.39 is 33.9 Å². The minimum atomic E-state index is -3.31. The van der Waals surface area contributed by atoms with Gasteiger partial charge in [-0.15, -0.1) is 4.31 Å². The van der Waals surface area contributed by atoms with Crippen molar-refractivity contribution in [1.29, 1.82) is 0 Å². The van der Waals surface area contributed by atoms with E-state index in [1.807, 2.05) is 6.92 Å². The predicted molar refractivity (Wildman–Crippen MR) is 95.8 cm³/mol. The molecule has 2 aliphatic heterocycles. The quantitative estimate of drug-likeness (QED) is 0.472. The van der Waals surface area contributed by atoms with Crippen molar-refractivity contribution >= 4 is 22.3 Å². The lowest BCUT2D eigenvalue weighted by molar-refractivity contribution is -0.156. The number of piperidine rings is 1. The van der Waals surface area contributed by atoms with Crippen LogP contribution in [0.4, 0.5) is 0 Å². The molecule has 2 fully saturated rings. The van der Waals surface area contributed by atoms with Crippen LogP contribution in [0, 0.1) is 5.92 Å². The zero-order chi connectivity index (χ0) is 19.5. The topological polar surface area (TPSA) is 99.2 Å². The van der Waals surface area contributed by atoms with E-state index in [1.54, 1.807) is 18.9 Å². The second-order valence-corrected chi connectivity index (χ2v) is 9.04. The highest BCUT2D eigenvalue weighted by Gasteiger charge is 2.62. The van der Waals surface area contributed by atoms with Gasteiger partial charge in [-0.25, -0.2) is 0 Å². The third kappa shape index (κ3) is 3.67. The Balaban J connectivity index is 2.23. The van der Waals surface area contributed by atoms with Gasteiger partial charge in [0, 0.05) is 27.2 Å². The Morgan fingerprint density at radius 1 is 1.35 bits per heavy atom. The van der Waals surface area contributed by atoms with Gasteiger partial charge in [-0.1, -0.05) is 17.6 Å². The van der Waals surface area contributed by atoms with Crippen LogP contribution in [0.2, 0.25) is 0 Å². The van der Waals surface area contributed by atoms with Crippen LogP contribution >= 0.6 is 0 Å². The molecule has 1 spiro atoms. The van der Waals surface area contributed by atoms with Crippen LogP contribution in [0.5, 0.6) is 0 Å². The molecule has 2 saturated heterocycles. The van der Waals surface area contributed by atoms with Crippen LogP contribution in [0.25, 0.3) is 0 Å². The second-order valence-electron chi connectivity index (χ2n) is 6.96. The summed E-state index contributed by atoms with van der Waals surface area (Å²) in [6.07, 6.45) is 1.34. The largest absolute Gasteiger partial charge is 0.598 e. The van der Waals surface area contributed by atoms with E-state index in [-0.39, 0.29) is 31.4 Å². The molecule has 0 radical (unpaired) electrons. The number of nitrogens with zero attached hydrogens (tertiary/aromatic N) is 2. The van der Waals surface area contributed by atoms with E-state index >= 15 is 0 Å². The Hall–Kier alpha value is -1.03. The highest BCUT2D eigenvalue weighted by Crippen LogP contribution is 2.45. The van der Waals surface area contributed by atoms with Gasteiger partial charge in [-0.2, -0.15) is 0 Å². The molecule has 0 aliphatic carbocycles. The molecular weight excluding hydrogens is 360 g/mol. The van der Waals surface area contributed by atoms with Crippen molar-refractivity contribution in [3.8, 4) is 0 Å². The number of amides is 1. The number of methoxy groups -OCH3 is 1. The Morgan fingerprint density at radius 2 is 1.96 bits per heavy atom. The molecule has 2 rings (SSSR count). The Kier molecular flexibility index (Phi) is 6.81. The normalized spacial score (nSPS) is 28.3. The summed E-state index contributed by atoms with van der Waals surface area (Å²) in [7, 11) is -0.237. The fraction of sp³-hybridized carbons (Fsp3) is 0.882. The first kappa shape index (κ1) is 21.3. The lowest BCUT2D eigenvalue weighted by Crippen LogP contribution is -2.58. The molecule has 1 unspecified atom stereocenters. The minimum Gasteiger partial charge on any atom is -0.598 e. The number of sulfonamides is 1. The summed E-state index contributed by atoms with van der Waals surface area (Å²) in [6, 6.07) is 0. The SMILES string of the molecule is CCCC[S+](=O)([O-])N1CCC2(CC1)[C@H](C(=O)OCC)[C@@H](OC)C(=O)N2C. The third-order valence-electron chi connectivity index (χ3n) is 5.66. The van der Waals surface area contributed by atoms with Gasteiger partial charge in [0.25, 0.3) is 5.91 Å². The maximum Gasteiger partial charge on any atom is 0.314 e. The molecule has 0 bridgehead atoms. The number of esters is 1. The number of likely N-dealkylation sites (tertiary alicyclic amines) is 1. The maximum atomic E-state index is 12.6. The van der Waals surface area contributed by atoms with E-state index in [4.69, 9.17) is 9.47 Å². The highest BCUT2D eigenvalue weighted by atomic mass is 32.3. The smallest absolute Gasteiger partial charge is 0.314 e. The number of rotatable bonds is 7. The lowest BCUT2D eigenvalue weighted by atomic mass is 9.76. The molecule has 9 heteroatoms. The molecule has 0 aromatic carbocycles. The standard InChI is InChI=1S/C17H30N2O6S/c1-5-7-12-26(22,23)19-10-8-17(9-11-19)13(16(21)25-6-2)14(24-4)15(20)18(17)3/h13-14H,5-12H2,1-4H3/t13-,14+/m0/s1. The highest BCUT2D eigenvalue weighted by molar-refractivity contribution is 7.95. The first-order valence-corrected chi connectivity index (χ1v) is 10.8. The number of hydrogen-bond acceptors (Lipinski definition) is 6. The summed E-state index contributed by atoms with van der Waals surface area (Å²) >= 11 is 0. The predicted octanol–water partition coefficient (Wildman–Crippen LogP) is 0.832. The van der Waals surface area contributed by atoms with Crippen molar-refractivity contribution in [2.24, 2.45) is 5.92 Å². The molecule has 8 nitrogen and oxygen atoms in total. The molecule has 2 heterocycles. The van der Waals surface area contributed by atoms with Gasteiger partial charge < -0.3 is 18.9 Å². The third-order valence-corrected chi connectivity index (χ3v) is 7.61. The number of hydrogen-bond donors (Lipinski definition) is 0. The van der Waals surface area contributed by atoms with E-state index in [2.05, 4.69) is 0 Å². The molecule has 0 aromatic rings. The summed E-state index contributed by atoms with van der Waals surface area (Å²) in [5, 5.41) is 0. The van der Waals surface area contributed by atoms with Gasteiger partial charge in [-0.05, 0) is 26.2 Å². The Morgan fingerprint density at radius 3 is 2.46 bits per heavy atom. The zero-order valence-corrected chi connectivity index (χ0v) is 16.9. The van der Waals surface area contributed by atoms with Gasteiger partial charge in [0.2, 0.25) is 0 Å². The summed E-state index contributed by atoms with van der Waals surface area (Å²) in [4.78, 5) is 26.8. The number of carbonyl (C=O) groups excluding carboxylic acids is 2. The molecular formula is C17H30N2O6S. The first-order valence-electron chi connectivity index (χ1n) is 9.20. The van der Waals surface area contributed by atoms with Crippen LogP contribution in [0.3, 0.4) is 0 Å². The first-order chi connectivity index (χ1) is 12.2. The molecule has 150 valence electrons. The molecule has 1 amide bonds. The fourth-order valence-electron chi connectivity index (χ4n) is 4.11. The maximum absolute atomic E-state index is 12.6. The van der Waals surface area contributed by atoms with Crippen LogP contribution in [-0.4, -0.2) is 76.9 Å². The summed E-state index contributed by atoms with van der Waals surface area (Å²) in [5.41, 5.74) is -0.763. The van der Waals surface area contributed by atoms with Crippen molar-refractivity contribution in [2.75, 3.05) is 39.6 Å². The van der Waals surface area contributed by atoms with Crippen LogP contribution < -0.4 is 0 Å². The minimum absolute atomic E-state index is 0.132. The fourth-order valence-corrected chi connectivity index (χ4v) is 5.76. The number of carbonyl (C=O) groups is 2. The summed E-state index contributed by atoms with van der Waals surface area (Å²) < 4.78 is 36.9. The van der Waals surface area contributed by atoms with Gasteiger partial charge in [0.15, 0.2) is 6.10 Å². The van der Waals surface area contributed by atoms with Crippen LogP contribution in [0.1, 0.15) is 39.5 Å². The monoisotopic (exact) mass is 390 g/mol. The van der Waals surface area contributed by atoms with Crippen molar-refractivity contribution in [2.45, 2.75) is 51.2 Å². The van der Waals surface area contributed by atoms with Gasteiger partial charge in [-0.3, -0.25) is 9.59 Å². The number of ether oxygens (including phenoxy) is 2. The van der Waals surface area contributed by atoms with Gasteiger partial charge >= 0.3 is 5.97 Å². The number of likely N-dealkylation sites (N-methyl/N-ethyl adjacent to an activating group) is 1. The van der Waals surface area contributed by atoms with E-state index in [1.165, 1.54) is 11.4 Å². The zero-order valence-electron chi connectivity index (χ0n) is 16.1. The second kappa shape index (κ2) is 8.33. The average molecular weight is 391 g/mol. The van der Waals surface area contributed by atoms with E-state index in [0.717, 1.165) is 6.42 Å². The van der Waals surface area contributed by atoms with Gasteiger partial charge in [0.05, 0.1) is 12.1 Å². The van der Waals surface area contributed by atoms with Crippen molar-refractivity contribution in [3.05, 3.63) is 0 Å². The van der Waals surface area contributed by atoms with E-state index in [9.17, 15) is 18.4 Å². The molecule has 0 saturated carbocycles. The van der Waals surface area contributed by atoms with Crippen LogP contribution in [-0.2, 0) is 33.7 Å². The van der Waals surface area contributed by atoms with Crippen molar-refractivity contribution in [3.63, 3.8) is 0 Å². The average Bonchev–Trinajstić information content (AvgIpc) is 2.82. The Bertz CT molecular complexity index is 576. The molecule has 0 aromatic heterocycles. The molecule has 3 atom stereocenters. The van der Waals surface area contributed by atoms with Crippen molar-refractivity contribution < 1.29 is 27.8 Å². The molecule has 0 N–H and O–H groups in total. The Labute approximate surface area is 156 Å². The number of unbranched alkanes of at least 4 members (excludes halogenated alkanes) is 1. The summed E-state index contributed by atoms with van der Waals surface area (Å²) in [5.74, 6) is -1.33. The van der Waals surface area contributed by atoms with Crippen LogP contribution in [0.15, 0.2) is 0 Å². The molecule has 2 aliphatic rings. The lowest BCUT2D eigenvalue weighted by Gasteiger charge is -2.45. The molecule has 26 heavy (non-hydrogen) atoms. The summed E-state index contributed by atoms with van der Waals surface area (Å²) in [6.45, 7) is 4.47. The van der Waals surface area contributed by atoms with E-state index in [0.29, 0.717) is 19.3 Å². The van der Waals surface area contributed by atoms with Crippen molar-refractivity contribution in [1.82, 2.24) is 9.21 Å².